The molecule has 150 valence electrons. The van der Waals surface area contributed by atoms with Crippen LogP contribution < -0.4 is 5.32 Å². The van der Waals surface area contributed by atoms with Crippen LogP contribution in [0.1, 0.15) is 57.8 Å². The number of sulfonamides is 1. The number of halogens is 1. The number of rotatable bonds is 5. The second-order valence-electron chi connectivity index (χ2n) is 7.66. The van der Waals surface area contributed by atoms with Gasteiger partial charge in [-0.05, 0) is 43.9 Å². The third-order valence-electron chi connectivity index (χ3n) is 5.71. The maximum absolute atomic E-state index is 13.5. The number of nitrogens with zero attached hydrogens (tertiary/aromatic N) is 1. The van der Waals surface area contributed by atoms with E-state index >= 15 is 0 Å². The molecule has 1 saturated heterocycles. The van der Waals surface area contributed by atoms with E-state index in [1.165, 1.54) is 41.8 Å². The van der Waals surface area contributed by atoms with Crippen LogP contribution in [0.15, 0.2) is 29.2 Å². The van der Waals surface area contributed by atoms with E-state index in [0.29, 0.717) is 19.5 Å². The van der Waals surface area contributed by atoms with Gasteiger partial charge in [-0.25, -0.2) is 12.8 Å². The first-order chi connectivity index (χ1) is 13.0. The molecular weight excluding hydrogens is 367 g/mol. The van der Waals surface area contributed by atoms with Crippen LogP contribution in [0.3, 0.4) is 0 Å². The molecule has 1 amide bonds. The van der Waals surface area contributed by atoms with Gasteiger partial charge in [0.2, 0.25) is 15.9 Å². The van der Waals surface area contributed by atoms with Gasteiger partial charge in [-0.1, -0.05) is 38.2 Å². The number of nitrogens with one attached hydrogen (secondary N) is 1. The lowest BCUT2D eigenvalue weighted by molar-refractivity contribution is -0.125. The third-order valence-corrected chi connectivity index (χ3v) is 7.66. The molecule has 1 N–H and O–H groups in total. The molecule has 0 aromatic heterocycles. The average molecular weight is 397 g/mol. The van der Waals surface area contributed by atoms with E-state index in [2.05, 4.69) is 5.32 Å². The van der Waals surface area contributed by atoms with Crippen molar-refractivity contribution in [1.29, 1.82) is 0 Å². The third kappa shape index (κ3) is 5.08. The lowest BCUT2D eigenvalue weighted by Crippen LogP contribution is -2.44. The molecule has 1 heterocycles. The molecule has 0 radical (unpaired) electrons. The highest BCUT2D eigenvalue weighted by molar-refractivity contribution is 7.89. The van der Waals surface area contributed by atoms with Gasteiger partial charge in [0.05, 0.1) is 4.90 Å². The van der Waals surface area contributed by atoms with Crippen LogP contribution in [0.4, 0.5) is 4.39 Å². The van der Waals surface area contributed by atoms with E-state index in [-0.39, 0.29) is 22.8 Å². The number of carbonyl (C=O) groups excluding carboxylic acids is 1. The van der Waals surface area contributed by atoms with Crippen molar-refractivity contribution in [2.75, 3.05) is 13.1 Å². The van der Waals surface area contributed by atoms with E-state index < -0.39 is 15.8 Å². The Bertz CT molecular complexity index is 745. The number of amides is 1. The zero-order valence-electron chi connectivity index (χ0n) is 15.7. The van der Waals surface area contributed by atoms with Gasteiger partial charge in [0.15, 0.2) is 0 Å². The molecule has 5 nitrogen and oxygen atoms in total. The van der Waals surface area contributed by atoms with Gasteiger partial charge in [0.25, 0.3) is 0 Å². The quantitative estimate of drug-likeness (QED) is 0.829. The summed E-state index contributed by atoms with van der Waals surface area (Å²) in [5, 5.41) is 2.99. The molecule has 1 aliphatic carbocycles. The van der Waals surface area contributed by atoms with E-state index in [0.717, 1.165) is 38.2 Å². The fourth-order valence-corrected chi connectivity index (χ4v) is 5.90. The fraction of sp³-hybridized carbons (Fsp3) is 0.650. The molecule has 2 fully saturated rings. The van der Waals surface area contributed by atoms with Crippen LogP contribution in [0, 0.1) is 11.7 Å². The van der Waals surface area contributed by atoms with Crippen molar-refractivity contribution in [3.05, 3.63) is 30.1 Å². The van der Waals surface area contributed by atoms with Gasteiger partial charge in [0, 0.05) is 25.0 Å². The summed E-state index contributed by atoms with van der Waals surface area (Å²) in [7, 11) is -3.75. The molecule has 27 heavy (non-hydrogen) atoms. The minimum atomic E-state index is -3.75. The lowest BCUT2D eigenvalue weighted by atomic mass is 9.90. The SMILES string of the molecule is O=C(NC[C@H]1CCCN1S(=O)(=O)c1cccc(F)c1)C1CCCCCCC1. The van der Waals surface area contributed by atoms with Crippen LogP contribution in [-0.4, -0.2) is 37.8 Å². The largest absolute Gasteiger partial charge is 0.354 e. The summed E-state index contributed by atoms with van der Waals surface area (Å²) in [5.74, 6) is -0.476. The summed E-state index contributed by atoms with van der Waals surface area (Å²) in [6.07, 6.45) is 9.09. The molecule has 1 aromatic carbocycles. The monoisotopic (exact) mass is 396 g/mol. The molecular formula is C20H29FN2O3S. The van der Waals surface area contributed by atoms with Gasteiger partial charge in [-0.3, -0.25) is 4.79 Å². The van der Waals surface area contributed by atoms with Gasteiger partial charge in [0.1, 0.15) is 5.82 Å². The summed E-state index contributed by atoms with van der Waals surface area (Å²) in [4.78, 5) is 12.5. The predicted molar refractivity (Wildman–Crippen MR) is 102 cm³/mol. The molecule has 1 atom stereocenters. The van der Waals surface area contributed by atoms with Crippen molar-refractivity contribution >= 4 is 15.9 Å². The molecule has 7 heteroatoms. The maximum Gasteiger partial charge on any atom is 0.243 e. The van der Waals surface area contributed by atoms with Gasteiger partial charge < -0.3 is 5.32 Å². The van der Waals surface area contributed by atoms with Crippen molar-refractivity contribution in [3.63, 3.8) is 0 Å². The molecule has 2 aliphatic rings. The lowest BCUT2D eigenvalue weighted by Gasteiger charge is -2.26. The zero-order chi connectivity index (χ0) is 19.3. The van der Waals surface area contributed by atoms with Crippen LogP contribution in [-0.2, 0) is 14.8 Å². The molecule has 1 aromatic rings. The van der Waals surface area contributed by atoms with Gasteiger partial charge >= 0.3 is 0 Å². The Morgan fingerprint density at radius 3 is 2.48 bits per heavy atom. The number of hydrogen-bond acceptors (Lipinski definition) is 3. The van der Waals surface area contributed by atoms with Crippen LogP contribution in [0.2, 0.25) is 0 Å². The first-order valence-corrected chi connectivity index (χ1v) is 11.5. The normalized spacial score (nSPS) is 22.9. The Morgan fingerprint density at radius 2 is 1.78 bits per heavy atom. The number of benzene rings is 1. The van der Waals surface area contributed by atoms with Crippen LogP contribution in [0.5, 0.6) is 0 Å². The Morgan fingerprint density at radius 1 is 1.07 bits per heavy atom. The highest BCUT2D eigenvalue weighted by atomic mass is 32.2. The number of carbonyl (C=O) groups is 1. The Kier molecular flexibility index (Phi) is 6.87. The van der Waals surface area contributed by atoms with E-state index in [9.17, 15) is 17.6 Å². The summed E-state index contributed by atoms with van der Waals surface area (Å²) in [6, 6.07) is 4.84. The summed E-state index contributed by atoms with van der Waals surface area (Å²) in [5.41, 5.74) is 0. The molecule has 1 saturated carbocycles. The predicted octanol–water partition coefficient (Wildman–Crippen LogP) is 3.46. The molecule has 3 rings (SSSR count). The van der Waals surface area contributed by atoms with Crippen LogP contribution in [0.25, 0.3) is 0 Å². The first-order valence-electron chi connectivity index (χ1n) is 10.0. The van der Waals surface area contributed by atoms with Crippen molar-refractivity contribution in [3.8, 4) is 0 Å². The molecule has 0 unspecified atom stereocenters. The maximum atomic E-state index is 13.5. The summed E-state index contributed by atoms with van der Waals surface area (Å²) < 4.78 is 40.6. The standard InChI is InChI=1S/C20H29FN2O3S/c21-17-10-6-12-19(14-17)27(25,26)23-13-7-11-18(23)15-22-20(24)16-8-4-2-1-3-5-9-16/h6,10,12,14,16,18H,1-5,7-9,11,13,15H2,(H,22,24)/t18-/m1/s1. The Balaban J connectivity index is 1.61. The van der Waals surface area contributed by atoms with Gasteiger partial charge in [-0.15, -0.1) is 0 Å². The first kappa shape index (κ1) is 20.3. The van der Waals surface area contributed by atoms with E-state index in [4.69, 9.17) is 0 Å². The Labute approximate surface area is 161 Å². The number of hydrogen-bond donors (Lipinski definition) is 1. The molecule has 0 bridgehead atoms. The van der Waals surface area contributed by atoms with E-state index in [1.807, 2.05) is 0 Å². The van der Waals surface area contributed by atoms with Crippen molar-refractivity contribution in [2.45, 2.75) is 68.7 Å². The van der Waals surface area contributed by atoms with Crippen molar-refractivity contribution in [2.24, 2.45) is 5.92 Å². The zero-order valence-corrected chi connectivity index (χ0v) is 16.5. The second-order valence-corrected chi connectivity index (χ2v) is 9.55. The second kappa shape index (κ2) is 9.15. The smallest absolute Gasteiger partial charge is 0.243 e. The Hall–Kier alpha value is -1.47. The van der Waals surface area contributed by atoms with Crippen molar-refractivity contribution < 1.29 is 17.6 Å². The van der Waals surface area contributed by atoms with Crippen molar-refractivity contribution in [1.82, 2.24) is 9.62 Å². The minimum absolute atomic E-state index is 0.0271. The van der Waals surface area contributed by atoms with Crippen LogP contribution >= 0.6 is 0 Å². The topological polar surface area (TPSA) is 66.5 Å². The summed E-state index contributed by atoms with van der Waals surface area (Å²) in [6.45, 7) is 0.729. The molecule has 0 spiro atoms. The highest BCUT2D eigenvalue weighted by Crippen LogP contribution is 2.27. The van der Waals surface area contributed by atoms with Gasteiger partial charge in [-0.2, -0.15) is 4.31 Å². The van der Waals surface area contributed by atoms with E-state index in [1.54, 1.807) is 0 Å². The summed E-state index contributed by atoms with van der Waals surface area (Å²) >= 11 is 0. The minimum Gasteiger partial charge on any atom is -0.354 e. The molecule has 1 aliphatic heterocycles. The average Bonchev–Trinajstić information content (AvgIpc) is 3.09. The highest BCUT2D eigenvalue weighted by Gasteiger charge is 2.35. The fourth-order valence-electron chi connectivity index (χ4n) is 4.17.